The molecule has 306 valence electrons. The Hall–Kier alpha value is -5.07. The third-order valence-corrected chi connectivity index (χ3v) is 14.6. The van der Waals surface area contributed by atoms with E-state index in [2.05, 4.69) is 25.8 Å². The Bertz CT molecular complexity index is 2620. The number of carbonyl (C=O) groups is 1. The van der Waals surface area contributed by atoms with Gasteiger partial charge in [0.15, 0.2) is 5.58 Å². The fourth-order valence-corrected chi connectivity index (χ4v) is 10.7. The van der Waals surface area contributed by atoms with E-state index in [4.69, 9.17) is 25.5 Å². The Morgan fingerprint density at radius 3 is 2.51 bits per heavy atom. The molecule has 9 rings (SSSR count). The molecule has 15 heteroatoms. The normalized spacial score (nSPS) is 19.6. The first-order chi connectivity index (χ1) is 28.5. The highest BCUT2D eigenvalue weighted by Crippen LogP contribution is 2.43. The third-order valence-electron chi connectivity index (χ3n) is 12.1. The molecule has 1 saturated carbocycles. The van der Waals surface area contributed by atoms with Gasteiger partial charge in [0, 0.05) is 37.8 Å². The summed E-state index contributed by atoms with van der Waals surface area (Å²) in [6, 6.07) is 18.5. The van der Waals surface area contributed by atoms with Crippen LogP contribution >= 0.6 is 11.6 Å². The minimum absolute atomic E-state index is 0.0522. The molecule has 0 radical (unpaired) electrons. The lowest BCUT2D eigenvalue weighted by molar-refractivity contribution is -0.129. The third kappa shape index (κ3) is 7.54. The lowest BCUT2D eigenvalue weighted by Crippen LogP contribution is -2.40. The molecule has 2 atom stereocenters. The van der Waals surface area contributed by atoms with Crippen molar-refractivity contribution >= 4 is 38.6 Å². The molecule has 2 aliphatic heterocycles. The maximum atomic E-state index is 16.7. The largest absolute Gasteiger partial charge is 0.481 e. The minimum atomic E-state index is -3.61. The van der Waals surface area contributed by atoms with E-state index in [9.17, 15) is 18.5 Å². The molecule has 0 unspecified atom stereocenters. The maximum Gasteiger partial charge on any atom is 0.240 e. The summed E-state index contributed by atoms with van der Waals surface area (Å²) >= 11 is 6.74. The van der Waals surface area contributed by atoms with E-state index in [1.54, 1.807) is 31.4 Å². The van der Waals surface area contributed by atoms with Crippen molar-refractivity contribution in [2.24, 2.45) is 5.92 Å². The molecule has 59 heavy (non-hydrogen) atoms. The zero-order valence-corrected chi connectivity index (χ0v) is 34.5. The molecule has 1 amide bonds. The molecular formula is C44H44ClFN6O6S. The summed E-state index contributed by atoms with van der Waals surface area (Å²) in [5, 5.41) is 10.1. The minimum Gasteiger partial charge on any atom is -0.481 e. The van der Waals surface area contributed by atoms with Crippen molar-refractivity contribution in [1.82, 2.24) is 24.1 Å². The molecule has 2 saturated heterocycles. The van der Waals surface area contributed by atoms with Crippen LogP contribution in [0.2, 0.25) is 5.02 Å². The lowest BCUT2D eigenvalue weighted by Gasteiger charge is -2.21. The first-order valence-electron chi connectivity index (χ1n) is 20.1. The SMILES string of the molecule is COc1nc(O[C@@H]2CCc3c(-c4cccc(-c5nc6cc(CN7CC[C@@H](C(=O)N(C)S(=O)(=O)C8CC8)C7)cc(C#N)c6o5)c4F)cccc32)c(Cl)cc1CN1CCCC1. The van der Waals surface area contributed by atoms with Crippen molar-refractivity contribution in [2.45, 2.75) is 69.4 Å². The molecule has 12 nitrogen and oxygen atoms in total. The fourth-order valence-electron chi connectivity index (χ4n) is 8.87. The Balaban J connectivity index is 0.937. The molecule has 0 bridgehead atoms. The zero-order chi connectivity index (χ0) is 41.0. The predicted octanol–water partition coefficient (Wildman–Crippen LogP) is 7.66. The summed E-state index contributed by atoms with van der Waals surface area (Å²) in [7, 11) is -0.659. The smallest absolute Gasteiger partial charge is 0.240 e. The first kappa shape index (κ1) is 39.4. The summed E-state index contributed by atoms with van der Waals surface area (Å²) in [6.07, 6.45) is 5.03. The maximum absolute atomic E-state index is 16.7. The van der Waals surface area contributed by atoms with E-state index in [1.165, 1.54) is 19.9 Å². The van der Waals surface area contributed by atoms with E-state index < -0.39 is 27.0 Å². The molecule has 3 fully saturated rings. The van der Waals surface area contributed by atoms with Crippen LogP contribution in [0.4, 0.5) is 4.39 Å². The number of carbonyl (C=O) groups excluding carboxylic acids is 1. The van der Waals surface area contributed by atoms with Gasteiger partial charge in [-0.25, -0.2) is 22.1 Å². The van der Waals surface area contributed by atoms with E-state index >= 15 is 4.39 Å². The van der Waals surface area contributed by atoms with E-state index in [1.807, 2.05) is 30.3 Å². The molecule has 0 N–H and O–H groups in total. The van der Waals surface area contributed by atoms with Crippen LogP contribution in [0, 0.1) is 23.1 Å². The number of pyridine rings is 1. The number of rotatable bonds is 12. The standard InChI is InChI=1S/C44H44ClFN6O6S/c1-50(59(54,55)30-11-12-30)44(53)27-15-18-52(24-27)23-26-19-28(22-47)40-37(20-26)48-42(58-40)35-10-6-9-34(39(35)46)31-7-5-8-33-32(31)13-14-38(33)57-43-36(45)21-29(41(49-43)56-2)25-51-16-3-4-17-51/h5-10,19-21,27,30,38H,3-4,11-18,23-25H2,1-2H3/t27-,38-/m1/s1. The van der Waals surface area contributed by atoms with Crippen molar-refractivity contribution in [3.63, 3.8) is 0 Å². The van der Waals surface area contributed by atoms with Crippen molar-refractivity contribution in [3.8, 4) is 40.4 Å². The van der Waals surface area contributed by atoms with Crippen molar-refractivity contribution in [1.29, 1.82) is 5.26 Å². The van der Waals surface area contributed by atoms with E-state index in [0.29, 0.717) is 86.1 Å². The number of hydrogen-bond acceptors (Lipinski definition) is 11. The average molecular weight is 839 g/mol. The van der Waals surface area contributed by atoms with Crippen LogP contribution in [0.15, 0.2) is 59.0 Å². The van der Waals surface area contributed by atoms with Gasteiger partial charge in [-0.2, -0.15) is 10.2 Å². The number of hydrogen-bond donors (Lipinski definition) is 0. The van der Waals surface area contributed by atoms with Crippen LogP contribution < -0.4 is 9.47 Å². The second-order valence-electron chi connectivity index (χ2n) is 16.0. The highest BCUT2D eigenvalue weighted by atomic mass is 35.5. The number of sulfonamides is 1. The topological polar surface area (TPSA) is 142 Å². The average Bonchev–Trinajstić information content (AvgIpc) is 3.55. The second-order valence-corrected chi connectivity index (χ2v) is 18.7. The summed E-state index contributed by atoms with van der Waals surface area (Å²) < 4.78 is 61.2. The van der Waals surface area contributed by atoms with Crippen molar-refractivity contribution in [2.75, 3.05) is 40.3 Å². The van der Waals surface area contributed by atoms with Crippen LogP contribution in [0.25, 0.3) is 33.7 Å². The van der Waals surface area contributed by atoms with Gasteiger partial charge in [0.25, 0.3) is 0 Å². The number of amides is 1. The van der Waals surface area contributed by atoms with Gasteiger partial charge in [-0.15, -0.1) is 0 Å². The van der Waals surface area contributed by atoms with Gasteiger partial charge < -0.3 is 13.9 Å². The van der Waals surface area contributed by atoms with Gasteiger partial charge in [-0.1, -0.05) is 41.9 Å². The molecule has 5 aromatic rings. The van der Waals surface area contributed by atoms with Gasteiger partial charge in [0.2, 0.25) is 33.6 Å². The number of nitriles is 1. The highest BCUT2D eigenvalue weighted by molar-refractivity contribution is 7.90. The van der Waals surface area contributed by atoms with Gasteiger partial charge in [0.1, 0.15) is 28.5 Å². The number of aromatic nitrogens is 2. The number of ether oxygens (including phenoxy) is 2. The Labute approximate surface area is 347 Å². The quantitative estimate of drug-likeness (QED) is 0.122. The molecule has 0 spiro atoms. The Morgan fingerprint density at radius 1 is 0.983 bits per heavy atom. The summed E-state index contributed by atoms with van der Waals surface area (Å²) in [5.74, 6) is -0.488. The Kier molecular flexibility index (Phi) is 10.6. The molecule has 4 heterocycles. The number of methoxy groups -OCH3 is 1. The van der Waals surface area contributed by atoms with Crippen LogP contribution in [-0.2, 0) is 34.3 Å². The summed E-state index contributed by atoms with van der Waals surface area (Å²) in [6.45, 7) is 4.19. The highest BCUT2D eigenvalue weighted by Gasteiger charge is 2.43. The monoisotopic (exact) mass is 838 g/mol. The van der Waals surface area contributed by atoms with Gasteiger partial charge >= 0.3 is 0 Å². The van der Waals surface area contributed by atoms with E-state index in [0.717, 1.165) is 45.2 Å². The van der Waals surface area contributed by atoms with Gasteiger partial charge in [0.05, 0.1) is 29.4 Å². The van der Waals surface area contributed by atoms with Gasteiger partial charge in [-0.05, 0) is 111 Å². The number of benzene rings is 3. The molecular weight excluding hydrogens is 795 g/mol. The zero-order valence-electron chi connectivity index (χ0n) is 32.9. The van der Waals surface area contributed by atoms with E-state index in [-0.39, 0.29) is 34.6 Å². The number of halogens is 2. The predicted molar refractivity (Wildman–Crippen MR) is 220 cm³/mol. The lowest BCUT2D eigenvalue weighted by atomic mass is 9.95. The fraction of sp³-hybridized carbons (Fsp3) is 0.409. The summed E-state index contributed by atoms with van der Waals surface area (Å²) in [4.78, 5) is 26.9. The number of likely N-dealkylation sites (tertiary alicyclic amines) is 2. The summed E-state index contributed by atoms with van der Waals surface area (Å²) in [5.41, 5.74) is 5.81. The molecule has 2 aliphatic carbocycles. The Morgan fingerprint density at radius 2 is 1.75 bits per heavy atom. The van der Waals surface area contributed by atoms with Crippen molar-refractivity contribution < 1.29 is 31.5 Å². The first-order valence-corrected chi connectivity index (χ1v) is 22.0. The number of oxazole rings is 1. The molecule has 4 aliphatic rings. The van der Waals surface area contributed by atoms with Gasteiger partial charge in [-0.3, -0.25) is 14.6 Å². The van der Waals surface area contributed by atoms with Crippen LogP contribution in [0.1, 0.15) is 72.4 Å². The molecule has 3 aromatic carbocycles. The van der Waals surface area contributed by atoms with Crippen LogP contribution in [0.3, 0.4) is 0 Å². The molecule has 2 aromatic heterocycles. The second kappa shape index (κ2) is 15.8. The van der Waals surface area contributed by atoms with Crippen LogP contribution in [0.5, 0.6) is 11.8 Å². The number of fused-ring (bicyclic) bond motifs is 2. The van der Waals surface area contributed by atoms with Crippen LogP contribution in [-0.4, -0.2) is 84.0 Å². The number of nitrogens with zero attached hydrogens (tertiary/aromatic N) is 6. The van der Waals surface area contributed by atoms with Crippen molar-refractivity contribution in [3.05, 3.63) is 93.3 Å².